The molecule has 1 rings (SSSR count). The summed E-state index contributed by atoms with van der Waals surface area (Å²) in [6.45, 7) is 3.41. The number of nitrogens with two attached hydrogens (primary N) is 1. The normalized spacial score (nSPS) is 9.89. The smallest absolute Gasteiger partial charge is 0.119 e. The van der Waals surface area contributed by atoms with Crippen molar-refractivity contribution in [3.8, 4) is 5.75 Å². The van der Waals surface area contributed by atoms with Crippen molar-refractivity contribution in [3.63, 3.8) is 0 Å². The lowest BCUT2D eigenvalue weighted by Crippen LogP contribution is -2.10. The minimum absolute atomic E-state index is 0. The van der Waals surface area contributed by atoms with Crippen molar-refractivity contribution >= 4 is 12.4 Å². The summed E-state index contributed by atoms with van der Waals surface area (Å²) >= 11 is 0. The van der Waals surface area contributed by atoms with E-state index in [1.165, 1.54) is 44.1 Å². The first-order valence-corrected chi connectivity index (χ1v) is 6.78. The molecule has 0 amide bonds. The van der Waals surface area contributed by atoms with Gasteiger partial charge in [-0.25, -0.2) is 0 Å². The highest BCUT2D eigenvalue weighted by Gasteiger charge is 1.96. The molecule has 0 aromatic heterocycles. The highest BCUT2D eigenvalue weighted by atomic mass is 35.5. The maximum atomic E-state index is 5.44. The number of rotatable bonds is 9. The van der Waals surface area contributed by atoms with Gasteiger partial charge in [0.25, 0.3) is 0 Å². The SMILES string of the molecule is CCCCCCCc1ccc(OCCN)cc1.Cl. The van der Waals surface area contributed by atoms with Crippen molar-refractivity contribution in [2.24, 2.45) is 5.73 Å². The first-order valence-electron chi connectivity index (χ1n) is 6.78. The van der Waals surface area contributed by atoms with Gasteiger partial charge >= 0.3 is 0 Å². The summed E-state index contributed by atoms with van der Waals surface area (Å²) in [6.07, 6.45) is 7.87. The quantitative estimate of drug-likeness (QED) is 0.690. The molecule has 0 radical (unpaired) electrons. The van der Waals surface area contributed by atoms with Gasteiger partial charge in [-0.2, -0.15) is 0 Å². The number of hydrogen-bond donors (Lipinski definition) is 1. The standard InChI is InChI=1S/C15H25NO.ClH/c1-2-3-4-5-6-7-14-8-10-15(11-9-14)17-13-12-16;/h8-11H,2-7,12-13,16H2,1H3;1H. The number of benzene rings is 1. The Hall–Kier alpha value is -0.730. The molecule has 0 aliphatic rings. The van der Waals surface area contributed by atoms with Crippen LogP contribution < -0.4 is 10.5 Å². The van der Waals surface area contributed by atoms with Crippen LogP contribution in [-0.2, 0) is 6.42 Å². The Bertz CT molecular complexity index is 287. The van der Waals surface area contributed by atoms with Gasteiger partial charge in [0, 0.05) is 6.54 Å². The highest BCUT2D eigenvalue weighted by Crippen LogP contribution is 2.14. The number of ether oxygens (including phenoxy) is 1. The molecule has 0 unspecified atom stereocenters. The molecule has 0 heterocycles. The minimum atomic E-state index is 0. The fourth-order valence-electron chi connectivity index (χ4n) is 1.86. The predicted octanol–water partition coefficient (Wildman–Crippen LogP) is 3.96. The molecule has 2 nitrogen and oxygen atoms in total. The van der Waals surface area contributed by atoms with Gasteiger partial charge in [-0.1, -0.05) is 44.7 Å². The molecule has 0 atom stereocenters. The zero-order valence-corrected chi connectivity index (χ0v) is 12.2. The Kier molecular flexibility index (Phi) is 10.9. The summed E-state index contributed by atoms with van der Waals surface area (Å²) in [4.78, 5) is 0. The first kappa shape index (κ1) is 17.3. The molecule has 3 heteroatoms. The van der Waals surface area contributed by atoms with Gasteiger partial charge in [-0.3, -0.25) is 0 Å². The third-order valence-electron chi connectivity index (χ3n) is 2.88. The maximum absolute atomic E-state index is 5.44. The van der Waals surface area contributed by atoms with Crippen LogP contribution in [0.25, 0.3) is 0 Å². The maximum Gasteiger partial charge on any atom is 0.119 e. The Morgan fingerprint density at radius 1 is 1.00 bits per heavy atom. The molecule has 0 aliphatic carbocycles. The summed E-state index contributed by atoms with van der Waals surface area (Å²) in [7, 11) is 0. The molecule has 18 heavy (non-hydrogen) atoms. The monoisotopic (exact) mass is 271 g/mol. The Morgan fingerprint density at radius 2 is 1.67 bits per heavy atom. The van der Waals surface area contributed by atoms with Crippen molar-refractivity contribution in [1.29, 1.82) is 0 Å². The molecule has 0 spiro atoms. The average Bonchev–Trinajstić information content (AvgIpc) is 2.37. The van der Waals surface area contributed by atoms with Crippen LogP contribution in [0.5, 0.6) is 5.75 Å². The molecule has 1 aromatic rings. The van der Waals surface area contributed by atoms with Crippen molar-refractivity contribution in [2.45, 2.75) is 45.4 Å². The second kappa shape index (κ2) is 11.4. The van der Waals surface area contributed by atoms with Crippen LogP contribution in [0.15, 0.2) is 24.3 Å². The summed E-state index contributed by atoms with van der Waals surface area (Å²) in [5, 5.41) is 0. The molecule has 0 bridgehead atoms. The second-order valence-electron chi connectivity index (χ2n) is 4.45. The largest absolute Gasteiger partial charge is 0.492 e. The van der Waals surface area contributed by atoms with Gasteiger partial charge < -0.3 is 10.5 Å². The lowest BCUT2D eigenvalue weighted by atomic mass is 10.1. The third kappa shape index (κ3) is 7.57. The van der Waals surface area contributed by atoms with Crippen LogP contribution >= 0.6 is 12.4 Å². The van der Waals surface area contributed by atoms with Gasteiger partial charge in [0.15, 0.2) is 0 Å². The van der Waals surface area contributed by atoms with E-state index < -0.39 is 0 Å². The summed E-state index contributed by atoms with van der Waals surface area (Å²) in [5.74, 6) is 0.921. The molecule has 0 saturated heterocycles. The molecular weight excluding hydrogens is 246 g/mol. The lowest BCUT2D eigenvalue weighted by molar-refractivity contribution is 0.328. The van der Waals surface area contributed by atoms with Crippen molar-refractivity contribution in [2.75, 3.05) is 13.2 Å². The van der Waals surface area contributed by atoms with E-state index in [4.69, 9.17) is 10.5 Å². The van der Waals surface area contributed by atoms with E-state index >= 15 is 0 Å². The fourth-order valence-corrected chi connectivity index (χ4v) is 1.86. The van der Waals surface area contributed by atoms with Crippen LogP contribution in [-0.4, -0.2) is 13.2 Å². The van der Waals surface area contributed by atoms with E-state index in [1.54, 1.807) is 0 Å². The van der Waals surface area contributed by atoms with Crippen LogP contribution in [0, 0.1) is 0 Å². The number of unbranched alkanes of at least 4 members (excludes halogenated alkanes) is 4. The zero-order valence-electron chi connectivity index (χ0n) is 11.4. The molecule has 1 aromatic carbocycles. The summed E-state index contributed by atoms with van der Waals surface area (Å²) in [5.41, 5.74) is 6.79. The molecule has 0 saturated carbocycles. The summed E-state index contributed by atoms with van der Waals surface area (Å²) < 4.78 is 5.44. The van der Waals surface area contributed by atoms with E-state index in [9.17, 15) is 0 Å². The van der Waals surface area contributed by atoms with Crippen LogP contribution in [0.1, 0.15) is 44.6 Å². The van der Waals surface area contributed by atoms with E-state index in [-0.39, 0.29) is 12.4 Å². The molecule has 0 aliphatic heterocycles. The lowest BCUT2D eigenvalue weighted by Gasteiger charge is -2.06. The zero-order chi connectivity index (χ0) is 12.3. The fraction of sp³-hybridized carbons (Fsp3) is 0.600. The number of hydrogen-bond acceptors (Lipinski definition) is 2. The van der Waals surface area contributed by atoms with Gasteiger partial charge in [0.2, 0.25) is 0 Å². The van der Waals surface area contributed by atoms with E-state index in [0.29, 0.717) is 13.2 Å². The second-order valence-corrected chi connectivity index (χ2v) is 4.45. The average molecular weight is 272 g/mol. The van der Waals surface area contributed by atoms with Gasteiger partial charge in [0.1, 0.15) is 12.4 Å². The highest BCUT2D eigenvalue weighted by molar-refractivity contribution is 5.85. The van der Waals surface area contributed by atoms with Crippen molar-refractivity contribution in [1.82, 2.24) is 0 Å². The first-order chi connectivity index (χ1) is 8.36. The topological polar surface area (TPSA) is 35.2 Å². The van der Waals surface area contributed by atoms with Crippen LogP contribution in [0.2, 0.25) is 0 Å². The predicted molar refractivity (Wildman–Crippen MR) is 80.7 cm³/mol. The van der Waals surface area contributed by atoms with Gasteiger partial charge in [-0.05, 0) is 30.5 Å². The van der Waals surface area contributed by atoms with Crippen molar-refractivity contribution < 1.29 is 4.74 Å². The van der Waals surface area contributed by atoms with Gasteiger partial charge in [-0.15, -0.1) is 12.4 Å². The number of halogens is 1. The molecule has 104 valence electrons. The number of aryl methyl sites for hydroxylation is 1. The molecule has 2 N–H and O–H groups in total. The molecule has 0 fully saturated rings. The van der Waals surface area contributed by atoms with E-state index in [0.717, 1.165) is 5.75 Å². The van der Waals surface area contributed by atoms with Gasteiger partial charge in [0.05, 0.1) is 0 Å². The Balaban J connectivity index is 0.00000289. The summed E-state index contributed by atoms with van der Waals surface area (Å²) in [6, 6.07) is 8.39. The van der Waals surface area contributed by atoms with Crippen LogP contribution in [0.3, 0.4) is 0 Å². The third-order valence-corrected chi connectivity index (χ3v) is 2.88. The van der Waals surface area contributed by atoms with E-state index in [2.05, 4.69) is 19.1 Å². The molecular formula is C15H26ClNO. The van der Waals surface area contributed by atoms with E-state index in [1.807, 2.05) is 12.1 Å². The van der Waals surface area contributed by atoms with Crippen LogP contribution in [0.4, 0.5) is 0 Å². The van der Waals surface area contributed by atoms with Crippen molar-refractivity contribution in [3.05, 3.63) is 29.8 Å². The Labute approximate surface area is 117 Å². The Morgan fingerprint density at radius 3 is 2.28 bits per heavy atom. The minimum Gasteiger partial charge on any atom is -0.492 e.